The predicted molar refractivity (Wildman–Crippen MR) is 124 cm³/mol. The number of rotatable bonds is 9. The molecule has 1 aliphatic heterocycles. The van der Waals surface area contributed by atoms with Crippen LogP contribution in [0.1, 0.15) is 26.2 Å². The molecule has 1 saturated heterocycles. The van der Waals surface area contributed by atoms with Gasteiger partial charge >= 0.3 is 0 Å². The number of imidazole rings is 1. The molecule has 0 unspecified atom stereocenters. The third kappa shape index (κ3) is 4.70. The summed E-state index contributed by atoms with van der Waals surface area (Å²) in [6, 6.07) is 8.11. The first kappa shape index (κ1) is 20.9. The van der Waals surface area contributed by atoms with Gasteiger partial charge in [-0.2, -0.15) is 9.97 Å². The first-order valence-corrected chi connectivity index (χ1v) is 10.8. The van der Waals surface area contributed by atoms with Crippen molar-refractivity contribution in [3.05, 3.63) is 30.6 Å². The number of anilines is 4. The van der Waals surface area contributed by atoms with Crippen molar-refractivity contribution >= 4 is 40.2 Å². The Morgan fingerprint density at radius 3 is 2.81 bits per heavy atom. The number of nitrogens with one attached hydrogen (secondary N) is 2. The molecule has 3 heterocycles. The Hall–Kier alpha value is -3.36. The van der Waals surface area contributed by atoms with Crippen LogP contribution >= 0.6 is 0 Å². The van der Waals surface area contributed by atoms with Gasteiger partial charge in [0, 0.05) is 58.1 Å². The Balaban J connectivity index is 1.63. The van der Waals surface area contributed by atoms with E-state index in [0.29, 0.717) is 31.3 Å². The first-order chi connectivity index (χ1) is 15.0. The van der Waals surface area contributed by atoms with Crippen LogP contribution in [0.25, 0.3) is 11.2 Å². The summed E-state index contributed by atoms with van der Waals surface area (Å²) in [5.41, 5.74) is 3.51. The predicted octanol–water partition coefficient (Wildman–Crippen LogP) is 3.08. The van der Waals surface area contributed by atoms with Crippen molar-refractivity contribution in [2.75, 3.05) is 49.3 Å². The van der Waals surface area contributed by atoms with Gasteiger partial charge in [0.15, 0.2) is 17.0 Å². The fourth-order valence-electron chi connectivity index (χ4n) is 3.69. The average molecular weight is 423 g/mol. The first-order valence-electron chi connectivity index (χ1n) is 10.8. The van der Waals surface area contributed by atoms with Crippen molar-refractivity contribution in [3.63, 3.8) is 0 Å². The second kappa shape index (κ2) is 9.20. The average Bonchev–Trinajstić information content (AvgIpc) is 3.36. The van der Waals surface area contributed by atoms with Crippen molar-refractivity contribution < 1.29 is 4.79 Å². The van der Waals surface area contributed by atoms with Gasteiger partial charge in [0.05, 0.1) is 6.33 Å². The van der Waals surface area contributed by atoms with E-state index in [4.69, 9.17) is 4.98 Å². The minimum Gasteiger partial charge on any atom is -0.378 e. The van der Waals surface area contributed by atoms with Gasteiger partial charge in [0.2, 0.25) is 11.9 Å². The number of likely N-dealkylation sites (tertiary alicyclic amines) is 1. The number of carbonyl (C=O) groups is 1. The molecule has 31 heavy (non-hydrogen) atoms. The van der Waals surface area contributed by atoms with E-state index in [1.54, 1.807) is 6.33 Å². The lowest BCUT2D eigenvalue weighted by molar-refractivity contribution is -0.127. The number of nitrogens with zero attached hydrogens (tertiary/aromatic N) is 6. The SMILES string of the molecule is CCCNc1nc(Nc2cccc(N(C)C)c2)nc2c1ncn2CCN1CCCC1=O. The number of hydrogen-bond acceptors (Lipinski definition) is 7. The lowest BCUT2D eigenvalue weighted by Gasteiger charge is -2.16. The molecule has 1 amide bonds. The van der Waals surface area contributed by atoms with Gasteiger partial charge < -0.3 is 25.0 Å². The minimum atomic E-state index is 0.229. The fraction of sp³-hybridized carbons (Fsp3) is 0.455. The largest absolute Gasteiger partial charge is 0.378 e. The number of hydrogen-bond donors (Lipinski definition) is 2. The van der Waals surface area contributed by atoms with Crippen LogP contribution in [0.3, 0.4) is 0 Å². The van der Waals surface area contributed by atoms with E-state index in [0.717, 1.165) is 48.5 Å². The van der Waals surface area contributed by atoms with Crippen molar-refractivity contribution in [2.24, 2.45) is 0 Å². The van der Waals surface area contributed by atoms with Crippen LogP contribution in [-0.2, 0) is 11.3 Å². The topological polar surface area (TPSA) is 91.2 Å². The van der Waals surface area contributed by atoms with E-state index < -0.39 is 0 Å². The van der Waals surface area contributed by atoms with E-state index in [-0.39, 0.29) is 5.91 Å². The van der Waals surface area contributed by atoms with Gasteiger partial charge in [-0.15, -0.1) is 0 Å². The van der Waals surface area contributed by atoms with Crippen molar-refractivity contribution in [1.82, 2.24) is 24.4 Å². The standard InChI is InChI=1S/C22H30N8O/c1-4-10-23-20-19-21(30(15-24-19)13-12-29-11-6-9-18(29)31)27-22(26-20)25-16-7-5-8-17(14-16)28(2)3/h5,7-8,14-15H,4,6,9-13H2,1-3H3,(H2,23,25,26,27). The monoisotopic (exact) mass is 422 g/mol. The maximum Gasteiger partial charge on any atom is 0.231 e. The van der Waals surface area contributed by atoms with E-state index in [2.05, 4.69) is 44.6 Å². The summed E-state index contributed by atoms with van der Waals surface area (Å²) in [6.07, 6.45) is 4.36. The van der Waals surface area contributed by atoms with Crippen LogP contribution in [0.4, 0.5) is 23.1 Å². The van der Waals surface area contributed by atoms with E-state index in [9.17, 15) is 4.79 Å². The van der Waals surface area contributed by atoms with Gasteiger partial charge in [-0.05, 0) is 31.0 Å². The van der Waals surface area contributed by atoms with Gasteiger partial charge in [-0.25, -0.2) is 4.98 Å². The molecule has 0 atom stereocenters. The highest BCUT2D eigenvalue weighted by molar-refractivity contribution is 5.85. The Labute approximate surface area is 182 Å². The molecular weight excluding hydrogens is 392 g/mol. The summed E-state index contributed by atoms with van der Waals surface area (Å²) in [7, 11) is 4.02. The van der Waals surface area contributed by atoms with Gasteiger partial charge in [0.1, 0.15) is 0 Å². The molecule has 1 fully saturated rings. The van der Waals surface area contributed by atoms with Crippen LogP contribution in [0, 0.1) is 0 Å². The van der Waals surface area contributed by atoms with E-state index >= 15 is 0 Å². The maximum absolute atomic E-state index is 12.0. The molecule has 0 bridgehead atoms. The molecule has 1 aromatic carbocycles. The maximum atomic E-state index is 12.0. The molecule has 3 aromatic rings. The van der Waals surface area contributed by atoms with Gasteiger partial charge in [-0.3, -0.25) is 4.79 Å². The molecule has 0 saturated carbocycles. The number of benzene rings is 1. The van der Waals surface area contributed by atoms with Gasteiger partial charge in [-0.1, -0.05) is 13.0 Å². The fourth-order valence-corrected chi connectivity index (χ4v) is 3.69. The van der Waals surface area contributed by atoms with Gasteiger partial charge in [0.25, 0.3) is 0 Å². The molecule has 0 radical (unpaired) electrons. The molecule has 9 heteroatoms. The molecule has 2 N–H and O–H groups in total. The molecule has 0 spiro atoms. The summed E-state index contributed by atoms with van der Waals surface area (Å²) in [6.45, 7) is 5.07. The quantitative estimate of drug-likeness (QED) is 0.547. The highest BCUT2D eigenvalue weighted by Crippen LogP contribution is 2.25. The third-order valence-corrected chi connectivity index (χ3v) is 5.41. The second-order valence-electron chi connectivity index (χ2n) is 7.99. The summed E-state index contributed by atoms with van der Waals surface area (Å²) in [5.74, 6) is 1.46. The Morgan fingerprint density at radius 2 is 2.06 bits per heavy atom. The molecular formula is C22H30N8O. The van der Waals surface area contributed by atoms with Crippen molar-refractivity contribution in [3.8, 4) is 0 Å². The van der Waals surface area contributed by atoms with Crippen molar-refractivity contribution in [1.29, 1.82) is 0 Å². The van der Waals surface area contributed by atoms with E-state index in [1.807, 2.05) is 35.7 Å². The zero-order chi connectivity index (χ0) is 21.8. The van der Waals surface area contributed by atoms with Crippen LogP contribution in [0.15, 0.2) is 30.6 Å². The minimum absolute atomic E-state index is 0.229. The summed E-state index contributed by atoms with van der Waals surface area (Å²) >= 11 is 0. The van der Waals surface area contributed by atoms with Crippen LogP contribution < -0.4 is 15.5 Å². The Morgan fingerprint density at radius 1 is 1.19 bits per heavy atom. The summed E-state index contributed by atoms with van der Waals surface area (Å²) in [4.78, 5) is 29.9. The Kier molecular flexibility index (Phi) is 6.20. The molecule has 164 valence electrons. The van der Waals surface area contributed by atoms with E-state index in [1.165, 1.54) is 0 Å². The normalized spacial score (nSPS) is 13.8. The second-order valence-corrected chi connectivity index (χ2v) is 7.99. The number of aromatic nitrogens is 4. The smallest absolute Gasteiger partial charge is 0.231 e. The zero-order valence-corrected chi connectivity index (χ0v) is 18.4. The molecule has 9 nitrogen and oxygen atoms in total. The summed E-state index contributed by atoms with van der Waals surface area (Å²) in [5, 5.41) is 6.71. The molecule has 1 aliphatic rings. The Bertz CT molecular complexity index is 1060. The molecule has 2 aromatic heterocycles. The highest BCUT2D eigenvalue weighted by atomic mass is 16.2. The van der Waals surface area contributed by atoms with Crippen LogP contribution in [0.5, 0.6) is 0 Å². The number of amides is 1. The third-order valence-electron chi connectivity index (χ3n) is 5.41. The number of fused-ring (bicyclic) bond motifs is 1. The molecule has 0 aliphatic carbocycles. The lowest BCUT2D eigenvalue weighted by atomic mass is 10.2. The lowest BCUT2D eigenvalue weighted by Crippen LogP contribution is -2.28. The highest BCUT2D eigenvalue weighted by Gasteiger charge is 2.20. The van der Waals surface area contributed by atoms with Crippen molar-refractivity contribution in [2.45, 2.75) is 32.7 Å². The van der Waals surface area contributed by atoms with Crippen LogP contribution in [0.2, 0.25) is 0 Å². The number of carbonyl (C=O) groups excluding carboxylic acids is 1. The zero-order valence-electron chi connectivity index (χ0n) is 18.4. The molecule has 4 rings (SSSR count). The summed E-state index contributed by atoms with van der Waals surface area (Å²) < 4.78 is 2.00. The van der Waals surface area contributed by atoms with Crippen LogP contribution in [-0.4, -0.2) is 64.1 Å².